The van der Waals surface area contributed by atoms with Gasteiger partial charge in [0, 0.05) is 15.1 Å². The van der Waals surface area contributed by atoms with E-state index in [4.69, 9.17) is 21.4 Å². The summed E-state index contributed by atoms with van der Waals surface area (Å²) in [5.41, 5.74) is 1.01. The molecule has 0 unspecified atom stereocenters. The zero-order valence-corrected chi connectivity index (χ0v) is 16.9. The fourth-order valence-corrected chi connectivity index (χ4v) is 3.22. The Labute approximate surface area is 173 Å². The number of aromatic hydroxyl groups is 1. The quantitative estimate of drug-likeness (QED) is 0.556. The average Bonchev–Trinajstić information content (AvgIpc) is 2.90. The minimum atomic E-state index is -1.10. The van der Waals surface area contributed by atoms with Gasteiger partial charge in [-0.3, -0.25) is 9.13 Å². The lowest BCUT2D eigenvalue weighted by atomic mass is 10.2. The fraction of sp³-hybridized carbons (Fsp3) is 0.158. The maximum atomic E-state index is 12.7. The van der Waals surface area contributed by atoms with Crippen molar-refractivity contribution in [3.8, 4) is 11.6 Å². The minimum absolute atomic E-state index is 0.106. The monoisotopic (exact) mass is 466 g/mol. The smallest absolute Gasteiger partial charge is 0.341 e. The van der Waals surface area contributed by atoms with Crippen LogP contribution in [0.4, 0.5) is 0 Å². The van der Waals surface area contributed by atoms with Crippen LogP contribution in [0.1, 0.15) is 11.1 Å². The van der Waals surface area contributed by atoms with Crippen LogP contribution in [-0.4, -0.2) is 31.9 Å². The highest BCUT2D eigenvalue weighted by Gasteiger charge is 2.14. The normalized spacial score (nSPS) is 10.8. The van der Waals surface area contributed by atoms with Gasteiger partial charge in [0.2, 0.25) is 5.88 Å². The summed E-state index contributed by atoms with van der Waals surface area (Å²) in [6.07, 6.45) is 1.33. The first-order valence-corrected chi connectivity index (χ1v) is 9.37. The van der Waals surface area contributed by atoms with Gasteiger partial charge in [-0.1, -0.05) is 39.7 Å². The molecule has 0 aliphatic heterocycles. The zero-order chi connectivity index (χ0) is 20.3. The summed E-state index contributed by atoms with van der Waals surface area (Å²) in [4.78, 5) is 23.5. The molecule has 0 aliphatic rings. The van der Waals surface area contributed by atoms with Crippen molar-refractivity contribution in [2.24, 2.45) is 0 Å². The summed E-state index contributed by atoms with van der Waals surface area (Å²) < 4.78 is 8.61. The topological polar surface area (TPSA) is 93.7 Å². The second-order valence-electron chi connectivity index (χ2n) is 6.04. The molecule has 0 saturated carbocycles. The van der Waals surface area contributed by atoms with E-state index < -0.39 is 18.3 Å². The van der Waals surface area contributed by atoms with Gasteiger partial charge < -0.3 is 14.9 Å². The first-order chi connectivity index (χ1) is 13.3. The molecule has 3 rings (SSSR count). The van der Waals surface area contributed by atoms with Crippen LogP contribution in [0.25, 0.3) is 0 Å². The van der Waals surface area contributed by atoms with E-state index in [1.807, 2.05) is 0 Å². The first-order valence-electron chi connectivity index (χ1n) is 8.20. The molecule has 0 fully saturated rings. The van der Waals surface area contributed by atoms with Gasteiger partial charge >= 0.3 is 11.7 Å². The number of imidazole rings is 1. The van der Waals surface area contributed by atoms with Crippen molar-refractivity contribution in [1.29, 1.82) is 0 Å². The number of hydrogen-bond donors (Lipinski definition) is 2. The third kappa shape index (κ3) is 4.76. The summed E-state index contributed by atoms with van der Waals surface area (Å²) in [5.74, 6) is -0.928. The van der Waals surface area contributed by atoms with E-state index in [0.717, 1.165) is 10.0 Å². The maximum Gasteiger partial charge on any atom is 0.341 e. The van der Waals surface area contributed by atoms with E-state index in [-0.39, 0.29) is 19.0 Å². The number of carboxylic acid groups (broad SMARTS) is 1. The number of carboxylic acids is 1. The fourth-order valence-electron chi connectivity index (χ4n) is 2.69. The number of aromatic nitrogens is 2. The highest BCUT2D eigenvalue weighted by atomic mass is 79.9. The molecule has 2 aromatic carbocycles. The van der Waals surface area contributed by atoms with Crippen molar-refractivity contribution < 1.29 is 19.7 Å². The standard InChI is InChI=1S/C19H16BrClN2O5/c20-14-3-6-16(28-11-18(25)26)13(7-14)9-22-10-17(24)23(19(22)27)8-12-1-4-15(21)5-2-12/h1-7,10,24H,8-9,11H2,(H,25,26). The molecule has 0 spiro atoms. The van der Waals surface area contributed by atoms with Crippen LogP contribution >= 0.6 is 27.5 Å². The molecule has 1 aromatic heterocycles. The summed E-state index contributed by atoms with van der Waals surface area (Å²) in [6.45, 7) is -0.198. The van der Waals surface area contributed by atoms with Gasteiger partial charge in [-0.2, -0.15) is 0 Å². The van der Waals surface area contributed by atoms with Crippen molar-refractivity contribution in [1.82, 2.24) is 9.13 Å². The number of nitrogens with zero attached hydrogens (tertiary/aromatic N) is 2. The second kappa shape index (κ2) is 8.53. The average molecular weight is 468 g/mol. The molecule has 0 bridgehead atoms. The van der Waals surface area contributed by atoms with Crippen molar-refractivity contribution in [3.05, 3.63) is 79.8 Å². The van der Waals surface area contributed by atoms with Crippen LogP contribution in [0.3, 0.4) is 0 Å². The molecule has 0 atom stereocenters. The van der Waals surface area contributed by atoms with E-state index in [9.17, 15) is 14.7 Å². The third-order valence-electron chi connectivity index (χ3n) is 3.99. The molecule has 9 heteroatoms. The van der Waals surface area contributed by atoms with E-state index in [0.29, 0.717) is 16.3 Å². The zero-order valence-electron chi connectivity index (χ0n) is 14.5. The van der Waals surface area contributed by atoms with Crippen molar-refractivity contribution in [2.75, 3.05) is 6.61 Å². The molecular formula is C19H16BrClN2O5. The number of aliphatic carboxylic acids is 1. The lowest BCUT2D eigenvalue weighted by Gasteiger charge is -2.11. The Balaban J connectivity index is 1.87. The molecule has 0 amide bonds. The number of ether oxygens (including phenoxy) is 1. The number of carbonyl (C=O) groups is 1. The van der Waals surface area contributed by atoms with Crippen LogP contribution < -0.4 is 10.4 Å². The highest BCUT2D eigenvalue weighted by Crippen LogP contribution is 2.24. The number of benzene rings is 2. The predicted molar refractivity (Wildman–Crippen MR) is 107 cm³/mol. The summed E-state index contributed by atoms with van der Waals surface area (Å²) in [5, 5.41) is 19.6. The Morgan fingerprint density at radius 1 is 1.14 bits per heavy atom. The Morgan fingerprint density at radius 2 is 1.86 bits per heavy atom. The van der Waals surface area contributed by atoms with E-state index in [1.165, 1.54) is 15.3 Å². The van der Waals surface area contributed by atoms with Gasteiger partial charge in [0.25, 0.3) is 0 Å². The third-order valence-corrected chi connectivity index (χ3v) is 4.74. The lowest BCUT2D eigenvalue weighted by Crippen LogP contribution is -2.25. The van der Waals surface area contributed by atoms with E-state index in [1.54, 1.807) is 42.5 Å². The second-order valence-corrected chi connectivity index (χ2v) is 7.40. The molecule has 0 aliphatic carbocycles. The van der Waals surface area contributed by atoms with Gasteiger partial charge in [-0.25, -0.2) is 9.59 Å². The van der Waals surface area contributed by atoms with Crippen LogP contribution in [-0.2, 0) is 17.9 Å². The molecule has 0 saturated heterocycles. The Hall–Kier alpha value is -2.71. The largest absolute Gasteiger partial charge is 0.493 e. The van der Waals surface area contributed by atoms with Crippen molar-refractivity contribution in [2.45, 2.75) is 13.1 Å². The van der Waals surface area contributed by atoms with Gasteiger partial charge in [-0.15, -0.1) is 0 Å². The van der Waals surface area contributed by atoms with Gasteiger partial charge in [-0.05, 0) is 35.9 Å². The Kier molecular flexibility index (Phi) is 6.11. The maximum absolute atomic E-state index is 12.7. The minimum Gasteiger partial charge on any atom is -0.493 e. The molecule has 7 nitrogen and oxygen atoms in total. The SMILES string of the molecule is O=C(O)COc1ccc(Br)cc1Cn1cc(O)n(Cc2ccc(Cl)cc2)c1=O. The molecular weight excluding hydrogens is 452 g/mol. The summed E-state index contributed by atoms with van der Waals surface area (Å²) in [7, 11) is 0. The molecule has 146 valence electrons. The summed E-state index contributed by atoms with van der Waals surface area (Å²) in [6, 6.07) is 12.0. The number of halogens is 2. The van der Waals surface area contributed by atoms with Crippen LogP contribution in [0.5, 0.6) is 11.6 Å². The van der Waals surface area contributed by atoms with E-state index >= 15 is 0 Å². The molecule has 28 heavy (non-hydrogen) atoms. The van der Waals surface area contributed by atoms with Crippen LogP contribution in [0.15, 0.2) is 57.9 Å². The Morgan fingerprint density at radius 3 is 2.54 bits per heavy atom. The first kappa shape index (κ1) is 20.0. The lowest BCUT2D eigenvalue weighted by molar-refractivity contribution is -0.139. The summed E-state index contributed by atoms with van der Waals surface area (Å²) >= 11 is 9.22. The van der Waals surface area contributed by atoms with Gasteiger partial charge in [0.1, 0.15) is 5.75 Å². The Bertz CT molecular complexity index is 1060. The van der Waals surface area contributed by atoms with Crippen molar-refractivity contribution in [3.63, 3.8) is 0 Å². The van der Waals surface area contributed by atoms with Crippen molar-refractivity contribution >= 4 is 33.5 Å². The predicted octanol–water partition coefficient (Wildman–Crippen LogP) is 3.33. The number of rotatable bonds is 7. The highest BCUT2D eigenvalue weighted by molar-refractivity contribution is 9.10. The van der Waals surface area contributed by atoms with E-state index in [2.05, 4.69) is 15.9 Å². The molecule has 0 radical (unpaired) electrons. The number of hydrogen-bond acceptors (Lipinski definition) is 4. The van der Waals surface area contributed by atoms with Gasteiger partial charge in [0.15, 0.2) is 6.61 Å². The van der Waals surface area contributed by atoms with Crippen LogP contribution in [0.2, 0.25) is 5.02 Å². The van der Waals surface area contributed by atoms with Crippen LogP contribution in [0, 0.1) is 0 Å². The van der Waals surface area contributed by atoms with Gasteiger partial charge in [0.05, 0.1) is 19.3 Å². The molecule has 3 aromatic rings. The molecule has 2 N–H and O–H groups in total. The molecule has 1 heterocycles.